The Kier molecular flexibility index (Phi) is 3.39. The number of aryl methyl sites for hydroxylation is 1. The van der Waals surface area contributed by atoms with Crippen LogP contribution < -0.4 is 5.32 Å². The van der Waals surface area contributed by atoms with Crippen molar-refractivity contribution in [3.63, 3.8) is 0 Å². The highest BCUT2D eigenvalue weighted by atomic mass is 35.5. The summed E-state index contributed by atoms with van der Waals surface area (Å²) in [5, 5.41) is 5.01. The summed E-state index contributed by atoms with van der Waals surface area (Å²) in [6, 6.07) is 2.63. The van der Waals surface area contributed by atoms with E-state index in [1.807, 2.05) is 0 Å². The number of nitrogens with zero attached hydrogens (tertiary/aromatic N) is 2. The van der Waals surface area contributed by atoms with Gasteiger partial charge in [0.2, 0.25) is 5.28 Å². The monoisotopic (exact) mass is 295 g/mol. The lowest BCUT2D eigenvalue weighted by atomic mass is 9.98. The first-order valence-corrected chi connectivity index (χ1v) is 7.94. The molecule has 0 aromatic carbocycles. The molecular weight excluding hydrogens is 278 g/mol. The Morgan fingerprint density at radius 3 is 2.79 bits per heavy atom. The maximum absolute atomic E-state index is 6.03. The van der Waals surface area contributed by atoms with Gasteiger partial charge in [-0.15, -0.1) is 11.3 Å². The van der Waals surface area contributed by atoms with Gasteiger partial charge in [0.1, 0.15) is 10.6 Å². The van der Waals surface area contributed by atoms with Gasteiger partial charge in [0.05, 0.1) is 5.39 Å². The number of thiophene rings is 1. The Balaban J connectivity index is 1.96. The van der Waals surface area contributed by atoms with Gasteiger partial charge in [0, 0.05) is 10.9 Å². The van der Waals surface area contributed by atoms with Crippen molar-refractivity contribution < 1.29 is 0 Å². The second kappa shape index (κ2) is 4.91. The van der Waals surface area contributed by atoms with E-state index < -0.39 is 0 Å². The van der Waals surface area contributed by atoms with E-state index in [-0.39, 0.29) is 0 Å². The van der Waals surface area contributed by atoms with Gasteiger partial charge >= 0.3 is 0 Å². The van der Waals surface area contributed by atoms with Crippen molar-refractivity contribution in [2.75, 3.05) is 5.32 Å². The standard InChI is InChI=1S/C14H18ClN3S/c1-7-4-5-11(9(7)3)16-12-10-6-8(2)19-13(10)18-14(15)17-12/h6-7,9,11H,4-5H2,1-3H3,(H,16,17,18). The lowest BCUT2D eigenvalue weighted by Crippen LogP contribution is -2.24. The zero-order chi connectivity index (χ0) is 13.6. The van der Waals surface area contributed by atoms with Gasteiger partial charge in [0.25, 0.3) is 0 Å². The summed E-state index contributed by atoms with van der Waals surface area (Å²) in [6.07, 6.45) is 2.48. The number of hydrogen-bond acceptors (Lipinski definition) is 4. The first kappa shape index (κ1) is 13.1. The van der Waals surface area contributed by atoms with Crippen LogP contribution in [0.25, 0.3) is 10.2 Å². The van der Waals surface area contributed by atoms with Crippen molar-refractivity contribution in [1.29, 1.82) is 0 Å². The lowest BCUT2D eigenvalue weighted by molar-refractivity contribution is 0.435. The van der Waals surface area contributed by atoms with Crippen molar-refractivity contribution in [3.05, 3.63) is 16.2 Å². The number of halogens is 1. The Labute approximate surface area is 122 Å². The summed E-state index contributed by atoms with van der Waals surface area (Å²) in [4.78, 5) is 10.9. The number of anilines is 1. The second-order valence-corrected chi connectivity index (χ2v) is 7.15. The molecule has 1 saturated carbocycles. The Morgan fingerprint density at radius 2 is 2.11 bits per heavy atom. The Morgan fingerprint density at radius 1 is 1.32 bits per heavy atom. The summed E-state index contributed by atoms with van der Waals surface area (Å²) < 4.78 is 0. The van der Waals surface area contributed by atoms with Crippen LogP contribution in [0.15, 0.2) is 6.07 Å². The van der Waals surface area contributed by atoms with Gasteiger partial charge in [-0.25, -0.2) is 9.97 Å². The van der Waals surface area contributed by atoms with Crippen LogP contribution in [0.5, 0.6) is 0 Å². The molecule has 0 amide bonds. The molecule has 1 fully saturated rings. The smallest absolute Gasteiger partial charge is 0.225 e. The highest BCUT2D eigenvalue weighted by Crippen LogP contribution is 2.35. The first-order valence-electron chi connectivity index (χ1n) is 6.75. The molecule has 0 saturated heterocycles. The minimum atomic E-state index is 0.329. The number of aromatic nitrogens is 2. The van der Waals surface area contributed by atoms with Crippen LogP contribution in [0.1, 0.15) is 31.6 Å². The summed E-state index contributed by atoms with van der Waals surface area (Å²) in [5.74, 6) is 2.34. The molecule has 102 valence electrons. The van der Waals surface area contributed by atoms with Crippen LogP contribution in [0, 0.1) is 18.8 Å². The van der Waals surface area contributed by atoms with Gasteiger partial charge in [0.15, 0.2) is 0 Å². The maximum Gasteiger partial charge on any atom is 0.225 e. The van der Waals surface area contributed by atoms with Gasteiger partial charge in [-0.05, 0) is 49.3 Å². The highest BCUT2D eigenvalue weighted by molar-refractivity contribution is 7.18. The van der Waals surface area contributed by atoms with E-state index in [2.05, 4.69) is 42.1 Å². The molecule has 19 heavy (non-hydrogen) atoms. The van der Waals surface area contributed by atoms with Crippen LogP contribution in [0.3, 0.4) is 0 Å². The number of rotatable bonds is 2. The van der Waals surface area contributed by atoms with E-state index in [4.69, 9.17) is 11.6 Å². The molecule has 2 aromatic heterocycles. The maximum atomic E-state index is 6.03. The fourth-order valence-corrected chi connectivity index (χ4v) is 3.97. The molecule has 0 spiro atoms. The predicted octanol–water partition coefficient (Wildman–Crippen LogP) is 4.50. The molecule has 5 heteroatoms. The van der Waals surface area contributed by atoms with Crippen LogP contribution in [0.4, 0.5) is 5.82 Å². The molecule has 3 rings (SSSR count). The zero-order valence-corrected chi connectivity index (χ0v) is 13.0. The molecule has 1 aliphatic rings. The summed E-state index contributed by atoms with van der Waals surface area (Å²) in [5.41, 5.74) is 0. The van der Waals surface area contributed by atoms with E-state index >= 15 is 0 Å². The molecule has 3 atom stereocenters. The minimum absolute atomic E-state index is 0.329. The molecule has 3 nitrogen and oxygen atoms in total. The Bertz CT molecular complexity index is 610. The fourth-order valence-electron chi connectivity index (χ4n) is 2.87. The summed E-state index contributed by atoms with van der Waals surface area (Å²) >= 11 is 7.69. The van der Waals surface area contributed by atoms with E-state index in [9.17, 15) is 0 Å². The quantitative estimate of drug-likeness (QED) is 0.829. The van der Waals surface area contributed by atoms with Crippen LogP contribution in [-0.4, -0.2) is 16.0 Å². The highest BCUT2D eigenvalue weighted by Gasteiger charge is 2.30. The third kappa shape index (κ3) is 2.43. The molecule has 0 radical (unpaired) electrons. The van der Waals surface area contributed by atoms with Gasteiger partial charge in [-0.2, -0.15) is 0 Å². The number of nitrogens with one attached hydrogen (secondary N) is 1. The second-order valence-electron chi connectivity index (χ2n) is 5.58. The third-order valence-corrected chi connectivity index (χ3v) is 5.39. The van der Waals surface area contributed by atoms with Crippen LogP contribution in [0.2, 0.25) is 5.28 Å². The van der Waals surface area contributed by atoms with Crippen molar-refractivity contribution in [2.24, 2.45) is 11.8 Å². The van der Waals surface area contributed by atoms with Crippen LogP contribution in [-0.2, 0) is 0 Å². The van der Waals surface area contributed by atoms with Crippen molar-refractivity contribution in [2.45, 2.75) is 39.7 Å². The largest absolute Gasteiger partial charge is 0.366 e. The van der Waals surface area contributed by atoms with E-state index in [1.54, 1.807) is 11.3 Å². The first-order chi connectivity index (χ1) is 9.04. The van der Waals surface area contributed by atoms with Gasteiger partial charge in [-0.3, -0.25) is 0 Å². The average molecular weight is 296 g/mol. The SMILES string of the molecule is Cc1cc2c(NC3CCC(C)C3C)nc(Cl)nc2s1. The third-order valence-electron chi connectivity index (χ3n) is 4.28. The molecule has 0 aliphatic heterocycles. The topological polar surface area (TPSA) is 37.8 Å². The average Bonchev–Trinajstić information content (AvgIpc) is 2.86. The van der Waals surface area contributed by atoms with E-state index in [0.717, 1.165) is 22.0 Å². The van der Waals surface area contributed by atoms with E-state index in [0.29, 0.717) is 17.2 Å². The number of hydrogen-bond donors (Lipinski definition) is 1. The zero-order valence-electron chi connectivity index (χ0n) is 11.4. The summed E-state index contributed by atoms with van der Waals surface area (Å²) in [7, 11) is 0. The van der Waals surface area contributed by atoms with Crippen molar-refractivity contribution in [3.8, 4) is 0 Å². The normalized spacial score (nSPS) is 27.1. The molecule has 1 aliphatic carbocycles. The van der Waals surface area contributed by atoms with Crippen LogP contribution >= 0.6 is 22.9 Å². The van der Waals surface area contributed by atoms with Gasteiger partial charge < -0.3 is 5.32 Å². The predicted molar refractivity (Wildman–Crippen MR) is 82.1 cm³/mol. The molecule has 0 bridgehead atoms. The van der Waals surface area contributed by atoms with Crippen molar-refractivity contribution in [1.82, 2.24) is 9.97 Å². The number of fused-ring (bicyclic) bond motifs is 1. The molecular formula is C14H18ClN3S. The molecule has 2 heterocycles. The molecule has 3 unspecified atom stereocenters. The Hall–Kier alpha value is -0.870. The summed E-state index contributed by atoms with van der Waals surface area (Å²) in [6.45, 7) is 6.72. The molecule has 1 N–H and O–H groups in total. The van der Waals surface area contributed by atoms with Gasteiger partial charge in [-0.1, -0.05) is 13.8 Å². The molecule has 2 aromatic rings. The van der Waals surface area contributed by atoms with Crippen molar-refractivity contribution >= 4 is 39.0 Å². The lowest BCUT2D eigenvalue weighted by Gasteiger charge is -2.20. The minimum Gasteiger partial charge on any atom is -0.366 e. The fraction of sp³-hybridized carbons (Fsp3) is 0.571. The van der Waals surface area contributed by atoms with E-state index in [1.165, 1.54) is 17.7 Å².